The normalized spacial score (nSPS) is 18.8. The zero-order valence-electron chi connectivity index (χ0n) is 13.7. The molecular formula is C21H23N. The molecule has 0 aromatic heterocycles. The van der Waals surface area contributed by atoms with Crippen molar-refractivity contribution in [3.63, 3.8) is 0 Å². The minimum Gasteiger partial charge on any atom is -0.398 e. The standard InChI is InChI=1S/C21H23N/c1-4-17-19(20(22)13-9-10-13)16-11-14-7-5-6-8-15(14)12-18(16)21(17,2)3/h5-8,11-12H,4,9-10,22H2,1-3H3. The Hall–Kier alpha value is -2.02. The average Bonchev–Trinajstić information content (AvgIpc) is 3.32. The van der Waals surface area contributed by atoms with E-state index in [9.17, 15) is 0 Å². The van der Waals surface area contributed by atoms with Gasteiger partial charge in [0.15, 0.2) is 0 Å². The highest BCUT2D eigenvalue weighted by Crippen LogP contribution is 2.52. The lowest BCUT2D eigenvalue weighted by Gasteiger charge is -2.24. The summed E-state index contributed by atoms with van der Waals surface area (Å²) in [7, 11) is 0. The fourth-order valence-electron chi connectivity index (χ4n) is 4.04. The molecule has 2 aliphatic carbocycles. The van der Waals surface area contributed by atoms with Gasteiger partial charge in [0.2, 0.25) is 0 Å². The maximum Gasteiger partial charge on any atom is 0.0385 e. The molecule has 0 bridgehead atoms. The Morgan fingerprint density at radius 2 is 1.73 bits per heavy atom. The molecule has 2 aliphatic rings. The summed E-state index contributed by atoms with van der Waals surface area (Å²) in [4.78, 5) is 0. The van der Waals surface area contributed by atoms with E-state index in [-0.39, 0.29) is 5.41 Å². The fourth-order valence-corrected chi connectivity index (χ4v) is 4.04. The van der Waals surface area contributed by atoms with Crippen LogP contribution in [0, 0.1) is 0 Å². The molecule has 0 amide bonds. The Kier molecular flexibility index (Phi) is 2.78. The third-order valence-corrected chi connectivity index (χ3v) is 5.39. The van der Waals surface area contributed by atoms with E-state index in [1.54, 1.807) is 0 Å². The maximum atomic E-state index is 6.55. The highest BCUT2D eigenvalue weighted by atomic mass is 14.6. The summed E-state index contributed by atoms with van der Waals surface area (Å²) < 4.78 is 0. The molecule has 22 heavy (non-hydrogen) atoms. The third-order valence-electron chi connectivity index (χ3n) is 5.39. The Balaban J connectivity index is 2.06. The van der Waals surface area contributed by atoms with E-state index < -0.39 is 0 Å². The van der Waals surface area contributed by atoms with Gasteiger partial charge in [-0.15, -0.1) is 0 Å². The molecule has 0 aliphatic heterocycles. The molecule has 0 radical (unpaired) electrons. The monoisotopic (exact) mass is 289 g/mol. The second kappa shape index (κ2) is 4.49. The summed E-state index contributed by atoms with van der Waals surface area (Å²) in [5.74, 6) is 0. The van der Waals surface area contributed by atoms with Crippen molar-refractivity contribution in [3.8, 4) is 0 Å². The first kappa shape index (κ1) is 13.6. The molecule has 0 atom stereocenters. The molecule has 2 aromatic rings. The predicted octanol–water partition coefficient (Wildman–Crippen LogP) is 5.30. The Morgan fingerprint density at radius 3 is 2.32 bits per heavy atom. The van der Waals surface area contributed by atoms with Crippen LogP contribution in [-0.4, -0.2) is 0 Å². The van der Waals surface area contributed by atoms with Crippen molar-refractivity contribution in [3.05, 3.63) is 64.4 Å². The number of rotatable bonds is 2. The number of fused-ring (bicyclic) bond motifs is 2. The average molecular weight is 289 g/mol. The van der Waals surface area contributed by atoms with Gasteiger partial charge in [0.25, 0.3) is 0 Å². The van der Waals surface area contributed by atoms with Gasteiger partial charge >= 0.3 is 0 Å². The van der Waals surface area contributed by atoms with Crippen LogP contribution in [0.2, 0.25) is 0 Å². The minimum absolute atomic E-state index is 0.0729. The van der Waals surface area contributed by atoms with Crippen molar-refractivity contribution in [2.45, 2.75) is 45.4 Å². The number of hydrogen-bond acceptors (Lipinski definition) is 1. The van der Waals surface area contributed by atoms with Gasteiger partial charge < -0.3 is 5.73 Å². The first-order chi connectivity index (χ1) is 10.5. The van der Waals surface area contributed by atoms with Crippen molar-refractivity contribution in [2.24, 2.45) is 5.73 Å². The van der Waals surface area contributed by atoms with Crippen molar-refractivity contribution in [2.75, 3.05) is 0 Å². The molecule has 1 nitrogen and oxygen atoms in total. The van der Waals surface area contributed by atoms with Gasteiger partial charge in [-0.1, -0.05) is 50.6 Å². The lowest BCUT2D eigenvalue weighted by atomic mass is 9.79. The van der Waals surface area contributed by atoms with E-state index in [1.807, 2.05) is 0 Å². The highest BCUT2D eigenvalue weighted by molar-refractivity contribution is 5.96. The number of nitrogens with two attached hydrogens (primary N) is 1. The van der Waals surface area contributed by atoms with Gasteiger partial charge in [0.05, 0.1) is 0 Å². The molecule has 2 aromatic carbocycles. The fraction of sp³-hybridized carbons (Fsp3) is 0.333. The Bertz CT molecular complexity index is 843. The first-order valence-electron chi connectivity index (χ1n) is 8.29. The van der Waals surface area contributed by atoms with Crippen molar-refractivity contribution in [1.29, 1.82) is 0 Å². The van der Waals surface area contributed by atoms with Crippen molar-refractivity contribution in [1.82, 2.24) is 0 Å². The topological polar surface area (TPSA) is 26.0 Å². The molecule has 1 saturated carbocycles. The predicted molar refractivity (Wildman–Crippen MR) is 94.6 cm³/mol. The number of allylic oxidation sites excluding steroid dienone is 3. The molecule has 1 heteroatoms. The van der Waals surface area contributed by atoms with Crippen LogP contribution in [-0.2, 0) is 5.41 Å². The van der Waals surface area contributed by atoms with Crippen LogP contribution in [0.4, 0.5) is 0 Å². The molecular weight excluding hydrogens is 266 g/mol. The summed E-state index contributed by atoms with van der Waals surface area (Å²) >= 11 is 0. The Morgan fingerprint density at radius 1 is 1.09 bits per heavy atom. The molecule has 0 saturated heterocycles. The van der Waals surface area contributed by atoms with Gasteiger partial charge in [0.1, 0.15) is 0 Å². The number of benzene rings is 2. The van der Waals surface area contributed by atoms with Crippen LogP contribution in [0.25, 0.3) is 16.3 Å². The molecule has 0 spiro atoms. The van der Waals surface area contributed by atoms with Gasteiger partial charge in [0, 0.05) is 16.7 Å². The summed E-state index contributed by atoms with van der Waals surface area (Å²) in [6.07, 6.45) is 3.41. The zero-order chi connectivity index (χ0) is 15.5. The van der Waals surface area contributed by atoms with Gasteiger partial charge in [-0.25, -0.2) is 0 Å². The van der Waals surface area contributed by atoms with E-state index in [0.29, 0.717) is 0 Å². The molecule has 1 fully saturated rings. The minimum atomic E-state index is 0.0729. The van der Waals surface area contributed by atoms with E-state index >= 15 is 0 Å². The highest BCUT2D eigenvalue weighted by Gasteiger charge is 2.38. The molecule has 0 heterocycles. The lowest BCUT2D eigenvalue weighted by molar-refractivity contribution is 0.618. The maximum absolute atomic E-state index is 6.55. The van der Waals surface area contributed by atoms with Gasteiger partial charge in [-0.2, -0.15) is 0 Å². The zero-order valence-corrected chi connectivity index (χ0v) is 13.7. The summed E-state index contributed by atoms with van der Waals surface area (Å²) in [5.41, 5.74) is 14.7. The van der Waals surface area contributed by atoms with Crippen LogP contribution in [0.1, 0.15) is 51.2 Å². The summed E-state index contributed by atoms with van der Waals surface area (Å²) in [5, 5.41) is 2.63. The van der Waals surface area contributed by atoms with Crippen LogP contribution in [0.5, 0.6) is 0 Å². The number of hydrogen-bond donors (Lipinski definition) is 1. The summed E-state index contributed by atoms with van der Waals surface area (Å²) in [6, 6.07) is 13.4. The van der Waals surface area contributed by atoms with E-state index in [1.165, 1.54) is 51.5 Å². The van der Waals surface area contributed by atoms with Crippen LogP contribution < -0.4 is 5.73 Å². The molecule has 112 valence electrons. The summed E-state index contributed by atoms with van der Waals surface area (Å²) in [6.45, 7) is 6.95. The SMILES string of the molecule is CCC1=C(C(N)=C2CC2)c2cc3ccccc3cc2C1(C)C. The van der Waals surface area contributed by atoms with Crippen LogP contribution in [0.3, 0.4) is 0 Å². The van der Waals surface area contributed by atoms with E-state index in [4.69, 9.17) is 5.73 Å². The van der Waals surface area contributed by atoms with Crippen LogP contribution in [0.15, 0.2) is 53.2 Å². The second-order valence-electron chi connectivity index (χ2n) is 7.09. The van der Waals surface area contributed by atoms with Crippen molar-refractivity contribution >= 4 is 16.3 Å². The second-order valence-corrected chi connectivity index (χ2v) is 7.09. The quantitative estimate of drug-likeness (QED) is 0.797. The molecule has 2 N–H and O–H groups in total. The van der Waals surface area contributed by atoms with E-state index in [2.05, 4.69) is 57.2 Å². The van der Waals surface area contributed by atoms with Crippen molar-refractivity contribution < 1.29 is 0 Å². The van der Waals surface area contributed by atoms with Gasteiger partial charge in [-0.05, 0) is 58.9 Å². The third kappa shape index (κ3) is 1.78. The lowest BCUT2D eigenvalue weighted by Crippen LogP contribution is -2.17. The van der Waals surface area contributed by atoms with E-state index in [0.717, 1.165) is 12.1 Å². The molecule has 4 rings (SSSR count). The molecule has 0 unspecified atom stereocenters. The Labute approximate surface area is 132 Å². The first-order valence-corrected chi connectivity index (χ1v) is 8.29. The van der Waals surface area contributed by atoms with Gasteiger partial charge in [-0.3, -0.25) is 0 Å². The van der Waals surface area contributed by atoms with Crippen LogP contribution >= 0.6 is 0 Å². The smallest absolute Gasteiger partial charge is 0.0385 e. The largest absolute Gasteiger partial charge is 0.398 e.